The van der Waals surface area contributed by atoms with Gasteiger partial charge in [0.15, 0.2) is 0 Å². The van der Waals surface area contributed by atoms with Gasteiger partial charge < -0.3 is 10.4 Å². The molecule has 110 valence electrons. The van der Waals surface area contributed by atoms with Crippen LogP contribution in [0.2, 0.25) is 10.3 Å². The summed E-state index contributed by atoms with van der Waals surface area (Å²) in [5, 5.41) is 12.1. The number of hydrogen-bond acceptors (Lipinski definition) is 4. The van der Waals surface area contributed by atoms with E-state index in [2.05, 4.69) is 15.3 Å². The standard InChI is InChI=1S/C14H13Cl2N3O2/c1-8(7-20)17-13(21)12-6-11(18-14(16)19-12)9-2-4-10(15)5-3-9/h2-6,8,20H,7H2,1H3,(H,17,21)/t8-/m1/s1. The number of benzene rings is 1. The number of aliphatic hydroxyl groups is 1. The van der Waals surface area contributed by atoms with E-state index in [0.717, 1.165) is 5.56 Å². The molecule has 0 aliphatic carbocycles. The number of carbonyl (C=O) groups excluding carboxylic acids is 1. The van der Waals surface area contributed by atoms with E-state index in [1.54, 1.807) is 31.2 Å². The quantitative estimate of drug-likeness (QED) is 0.847. The first-order valence-electron chi connectivity index (χ1n) is 6.22. The van der Waals surface area contributed by atoms with Crippen molar-refractivity contribution in [1.82, 2.24) is 15.3 Å². The summed E-state index contributed by atoms with van der Waals surface area (Å²) in [6.07, 6.45) is 0. The Morgan fingerprint density at radius 2 is 1.95 bits per heavy atom. The SMILES string of the molecule is C[C@H](CO)NC(=O)c1cc(-c2ccc(Cl)cc2)nc(Cl)n1. The molecule has 1 heterocycles. The lowest BCUT2D eigenvalue weighted by Gasteiger charge is -2.11. The number of halogens is 2. The third kappa shape index (κ3) is 4.14. The van der Waals surface area contributed by atoms with Crippen LogP contribution in [-0.4, -0.2) is 33.6 Å². The van der Waals surface area contributed by atoms with Crippen LogP contribution in [-0.2, 0) is 0 Å². The highest BCUT2D eigenvalue weighted by molar-refractivity contribution is 6.30. The van der Waals surface area contributed by atoms with E-state index < -0.39 is 5.91 Å². The van der Waals surface area contributed by atoms with Crippen molar-refractivity contribution in [2.75, 3.05) is 6.61 Å². The van der Waals surface area contributed by atoms with Crippen LogP contribution in [0.3, 0.4) is 0 Å². The zero-order valence-electron chi connectivity index (χ0n) is 11.2. The minimum Gasteiger partial charge on any atom is -0.394 e. The van der Waals surface area contributed by atoms with Gasteiger partial charge in [-0.2, -0.15) is 0 Å². The normalized spacial score (nSPS) is 12.0. The fourth-order valence-corrected chi connectivity index (χ4v) is 1.95. The van der Waals surface area contributed by atoms with Crippen molar-refractivity contribution in [2.24, 2.45) is 0 Å². The summed E-state index contributed by atoms with van der Waals surface area (Å²) < 4.78 is 0. The van der Waals surface area contributed by atoms with Crippen molar-refractivity contribution in [2.45, 2.75) is 13.0 Å². The molecule has 1 amide bonds. The van der Waals surface area contributed by atoms with Crippen LogP contribution in [0, 0.1) is 0 Å². The molecular weight excluding hydrogens is 313 g/mol. The Labute approximate surface area is 131 Å². The van der Waals surface area contributed by atoms with Gasteiger partial charge >= 0.3 is 0 Å². The fourth-order valence-electron chi connectivity index (χ4n) is 1.65. The highest BCUT2D eigenvalue weighted by Gasteiger charge is 2.14. The van der Waals surface area contributed by atoms with Crippen molar-refractivity contribution in [3.05, 3.63) is 46.3 Å². The minimum atomic E-state index is -0.420. The number of rotatable bonds is 4. The first-order valence-corrected chi connectivity index (χ1v) is 6.97. The highest BCUT2D eigenvalue weighted by Crippen LogP contribution is 2.21. The topological polar surface area (TPSA) is 75.1 Å². The summed E-state index contributed by atoms with van der Waals surface area (Å²) >= 11 is 11.7. The Balaban J connectivity index is 2.33. The predicted octanol–water partition coefficient (Wildman–Crippen LogP) is 2.56. The summed E-state index contributed by atoms with van der Waals surface area (Å²) in [4.78, 5) is 20.0. The molecule has 0 spiro atoms. The molecule has 1 atom stereocenters. The van der Waals surface area contributed by atoms with Crippen molar-refractivity contribution >= 4 is 29.1 Å². The predicted molar refractivity (Wildman–Crippen MR) is 81.5 cm³/mol. The lowest BCUT2D eigenvalue weighted by atomic mass is 10.1. The van der Waals surface area contributed by atoms with Gasteiger partial charge in [-0.1, -0.05) is 23.7 Å². The monoisotopic (exact) mass is 325 g/mol. The number of carbonyl (C=O) groups is 1. The van der Waals surface area contributed by atoms with Crippen molar-refractivity contribution in [3.63, 3.8) is 0 Å². The van der Waals surface area contributed by atoms with Crippen LogP contribution in [0.15, 0.2) is 30.3 Å². The molecule has 2 rings (SSSR count). The maximum absolute atomic E-state index is 12.0. The van der Waals surface area contributed by atoms with Gasteiger partial charge in [0.1, 0.15) is 5.69 Å². The molecule has 1 aromatic heterocycles. The Morgan fingerprint density at radius 3 is 2.57 bits per heavy atom. The van der Waals surface area contributed by atoms with E-state index in [0.29, 0.717) is 10.7 Å². The second-order valence-electron chi connectivity index (χ2n) is 4.47. The van der Waals surface area contributed by atoms with Crippen molar-refractivity contribution in [3.8, 4) is 11.3 Å². The van der Waals surface area contributed by atoms with E-state index in [1.165, 1.54) is 6.07 Å². The third-order valence-corrected chi connectivity index (χ3v) is 3.14. The molecule has 21 heavy (non-hydrogen) atoms. The highest BCUT2D eigenvalue weighted by atomic mass is 35.5. The molecule has 7 heteroatoms. The van der Waals surface area contributed by atoms with Crippen LogP contribution in [0.4, 0.5) is 0 Å². The molecule has 2 aromatic rings. The van der Waals surface area contributed by atoms with Gasteiger partial charge in [0.05, 0.1) is 12.3 Å². The van der Waals surface area contributed by atoms with E-state index in [-0.39, 0.29) is 23.6 Å². The van der Waals surface area contributed by atoms with E-state index in [4.69, 9.17) is 28.3 Å². The molecule has 0 fully saturated rings. The zero-order chi connectivity index (χ0) is 15.4. The van der Waals surface area contributed by atoms with E-state index >= 15 is 0 Å². The fraction of sp³-hybridized carbons (Fsp3) is 0.214. The summed E-state index contributed by atoms with van der Waals surface area (Å²) in [6.45, 7) is 1.52. The van der Waals surface area contributed by atoms with E-state index in [1.807, 2.05) is 0 Å². The molecule has 5 nitrogen and oxygen atoms in total. The number of aromatic nitrogens is 2. The maximum atomic E-state index is 12.0. The largest absolute Gasteiger partial charge is 0.394 e. The lowest BCUT2D eigenvalue weighted by molar-refractivity contribution is 0.0917. The van der Waals surface area contributed by atoms with Crippen LogP contribution in [0.5, 0.6) is 0 Å². The Hall–Kier alpha value is -1.69. The maximum Gasteiger partial charge on any atom is 0.270 e. The first kappa shape index (κ1) is 15.7. The average Bonchev–Trinajstić information content (AvgIpc) is 2.47. The molecule has 0 unspecified atom stereocenters. The van der Waals surface area contributed by atoms with Crippen molar-refractivity contribution in [1.29, 1.82) is 0 Å². The molecule has 1 aromatic carbocycles. The number of hydrogen-bond donors (Lipinski definition) is 2. The Kier molecular flexibility index (Phi) is 5.12. The Morgan fingerprint density at radius 1 is 1.29 bits per heavy atom. The molecule has 2 N–H and O–H groups in total. The molecule has 0 bridgehead atoms. The minimum absolute atomic E-state index is 0.0238. The average molecular weight is 326 g/mol. The zero-order valence-corrected chi connectivity index (χ0v) is 12.7. The summed E-state index contributed by atoms with van der Waals surface area (Å²) in [7, 11) is 0. The smallest absolute Gasteiger partial charge is 0.270 e. The molecule has 0 aliphatic heterocycles. The van der Waals surface area contributed by atoms with Gasteiger partial charge in [-0.3, -0.25) is 4.79 Å². The van der Waals surface area contributed by atoms with Gasteiger partial charge in [-0.15, -0.1) is 0 Å². The second-order valence-corrected chi connectivity index (χ2v) is 5.25. The molecule has 0 aliphatic rings. The molecule has 0 saturated carbocycles. The van der Waals surface area contributed by atoms with Gasteiger partial charge in [0.2, 0.25) is 5.28 Å². The summed E-state index contributed by atoms with van der Waals surface area (Å²) in [5.41, 5.74) is 1.43. The van der Waals surface area contributed by atoms with Crippen LogP contribution in [0.25, 0.3) is 11.3 Å². The van der Waals surface area contributed by atoms with Gasteiger partial charge in [-0.05, 0) is 36.7 Å². The van der Waals surface area contributed by atoms with Gasteiger partial charge in [0, 0.05) is 16.6 Å². The first-order chi connectivity index (χ1) is 9.99. The Bertz CT molecular complexity index is 647. The third-order valence-electron chi connectivity index (χ3n) is 2.72. The summed E-state index contributed by atoms with van der Waals surface area (Å²) in [6, 6.07) is 8.17. The number of aliphatic hydroxyl groups excluding tert-OH is 1. The van der Waals surface area contributed by atoms with Crippen LogP contribution >= 0.6 is 23.2 Å². The lowest BCUT2D eigenvalue weighted by Crippen LogP contribution is -2.35. The molecule has 0 radical (unpaired) electrons. The van der Waals surface area contributed by atoms with E-state index in [9.17, 15) is 4.79 Å². The van der Waals surface area contributed by atoms with Crippen LogP contribution in [0.1, 0.15) is 17.4 Å². The van der Waals surface area contributed by atoms with Crippen molar-refractivity contribution < 1.29 is 9.90 Å². The summed E-state index contributed by atoms with van der Waals surface area (Å²) in [5.74, 6) is -0.420. The molecule has 0 saturated heterocycles. The number of amides is 1. The molecular formula is C14H13Cl2N3O2. The van der Waals surface area contributed by atoms with Gasteiger partial charge in [0.25, 0.3) is 5.91 Å². The second kappa shape index (κ2) is 6.85. The van der Waals surface area contributed by atoms with Gasteiger partial charge in [-0.25, -0.2) is 9.97 Å². The number of nitrogens with one attached hydrogen (secondary N) is 1. The number of nitrogens with zero attached hydrogens (tertiary/aromatic N) is 2. The van der Waals surface area contributed by atoms with Crippen LogP contribution < -0.4 is 5.32 Å².